The number of carbonyl (C=O) groups excluding carboxylic acids is 4. The predicted octanol–water partition coefficient (Wildman–Crippen LogP) is 2.26. The molecule has 3 N–H and O–H groups in total. The van der Waals surface area contributed by atoms with E-state index in [1.807, 2.05) is 0 Å². The summed E-state index contributed by atoms with van der Waals surface area (Å²) in [6.45, 7) is -0.582. The van der Waals surface area contributed by atoms with Crippen LogP contribution in [0, 0.1) is 0 Å². The lowest BCUT2D eigenvalue weighted by atomic mass is 10.2. The van der Waals surface area contributed by atoms with Crippen molar-refractivity contribution in [2.24, 2.45) is 0 Å². The molecule has 3 amide bonds. The van der Waals surface area contributed by atoms with Crippen LogP contribution < -0.4 is 16.0 Å². The molecule has 0 bridgehead atoms. The number of hydrogen-bond donors (Lipinski definition) is 3. The van der Waals surface area contributed by atoms with Crippen LogP contribution >= 0.6 is 23.2 Å². The van der Waals surface area contributed by atoms with Crippen LogP contribution in [0.1, 0.15) is 20.7 Å². The highest BCUT2D eigenvalue weighted by molar-refractivity contribution is 6.36. The highest BCUT2D eigenvalue weighted by atomic mass is 35.5. The molecule has 2 rings (SSSR count). The van der Waals surface area contributed by atoms with Gasteiger partial charge in [0.15, 0.2) is 0 Å². The number of halogens is 2. The Morgan fingerprint density at radius 3 is 2.34 bits per heavy atom. The molecule has 0 spiro atoms. The summed E-state index contributed by atoms with van der Waals surface area (Å²) < 4.78 is 4.44. The number of benzene rings is 2. The molecular weight excluding hydrogens is 421 g/mol. The third-order valence-electron chi connectivity index (χ3n) is 3.61. The number of nitrogens with one attached hydrogen (secondary N) is 3. The van der Waals surface area contributed by atoms with Crippen LogP contribution in [0.15, 0.2) is 42.5 Å². The molecule has 0 fully saturated rings. The van der Waals surface area contributed by atoms with Crippen LogP contribution in [0.5, 0.6) is 0 Å². The fourth-order valence-corrected chi connectivity index (χ4v) is 2.69. The molecule has 0 saturated heterocycles. The van der Waals surface area contributed by atoms with Crippen molar-refractivity contribution in [2.45, 2.75) is 0 Å². The smallest absolute Gasteiger partial charge is 0.325 e. The van der Waals surface area contributed by atoms with E-state index in [1.165, 1.54) is 37.4 Å². The van der Waals surface area contributed by atoms with Gasteiger partial charge in [0.2, 0.25) is 5.91 Å². The highest BCUT2D eigenvalue weighted by Gasteiger charge is 2.13. The largest absolute Gasteiger partial charge is 0.468 e. The first-order valence-electron chi connectivity index (χ1n) is 8.28. The van der Waals surface area contributed by atoms with E-state index in [9.17, 15) is 19.2 Å². The molecule has 0 saturated carbocycles. The number of anilines is 1. The van der Waals surface area contributed by atoms with Gasteiger partial charge in [0, 0.05) is 16.3 Å². The quantitative estimate of drug-likeness (QED) is 0.574. The molecule has 0 heterocycles. The summed E-state index contributed by atoms with van der Waals surface area (Å²) in [7, 11) is 1.21. The van der Waals surface area contributed by atoms with Gasteiger partial charge in [-0.3, -0.25) is 19.2 Å². The van der Waals surface area contributed by atoms with E-state index in [0.717, 1.165) is 0 Å². The monoisotopic (exact) mass is 437 g/mol. The summed E-state index contributed by atoms with van der Waals surface area (Å²) in [4.78, 5) is 47.3. The van der Waals surface area contributed by atoms with Crippen LogP contribution in [-0.4, -0.2) is 43.9 Å². The molecule has 0 aromatic heterocycles. The zero-order valence-corrected chi connectivity index (χ0v) is 16.8. The minimum Gasteiger partial charge on any atom is -0.468 e. The molecule has 0 radical (unpaired) electrons. The molecule has 10 heteroatoms. The van der Waals surface area contributed by atoms with Gasteiger partial charge in [-0.1, -0.05) is 29.3 Å². The molecule has 29 heavy (non-hydrogen) atoms. The number of amides is 3. The Kier molecular flexibility index (Phi) is 7.99. The van der Waals surface area contributed by atoms with Gasteiger partial charge in [-0.05, 0) is 36.4 Å². The Hall–Kier alpha value is -3.10. The number of esters is 1. The average molecular weight is 438 g/mol. The van der Waals surface area contributed by atoms with Crippen molar-refractivity contribution in [3.63, 3.8) is 0 Å². The lowest BCUT2D eigenvalue weighted by Gasteiger charge is -2.09. The molecule has 0 aliphatic carbocycles. The van der Waals surface area contributed by atoms with Gasteiger partial charge >= 0.3 is 5.97 Å². The molecule has 0 unspecified atom stereocenters. The lowest BCUT2D eigenvalue weighted by molar-refractivity contribution is -0.139. The summed E-state index contributed by atoms with van der Waals surface area (Å²) in [6.07, 6.45) is 0. The van der Waals surface area contributed by atoms with Crippen LogP contribution in [0.3, 0.4) is 0 Å². The van der Waals surface area contributed by atoms with E-state index in [0.29, 0.717) is 10.7 Å². The van der Waals surface area contributed by atoms with Gasteiger partial charge in [0.05, 0.1) is 24.2 Å². The van der Waals surface area contributed by atoms with E-state index >= 15 is 0 Å². The molecule has 2 aromatic carbocycles. The van der Waals surface area contributed by atoms with Crippen LogP contribution in [-0.2, 0) is 14.3 Å². The van der Waals surface area contributed by atoms with Crippen LogP contribution in [0.2, 0.25) is 10.0 Å². The average Bonchev–Trinajstić information content (AvgIpc) is 2.70. The maximum absolute atomic E-state index is 12.1. The fraction of sp³-hybridized carbons (Fsp3) is 0.158. The van der Waals surface area contributed by atoms with E-state index in [-0.39, 0.29) is 29.2 Å². The Bertz CT molecular complexity index is 949. The number of methoxy groups -OCH3 is 1. The second-order valence-electron chi connectivity index (χ2n) is 5.69. The Balaban J connectivity index is 1.91. The topological polar surface area (TPSA) is 114 Å². The van der Waals surface area contributed by atoms with Gasteiger partial charge < -0.3 is 20.7 Å². The summed E-state index contributed by atoms with van der Waals surface area (Å²) in [5.74, 6) is -2.12. The Morgan fingerprint density at radius 2 is 1.66 bits per heavy atom. The number of hydrogen-bond acceptors (Lipinski definition) is 5. The summed E-state index contributed by atoms with van der Waals surface area (Å²) in [5.41, 5.74) is 0.774. The summed E-state index contributed by atoms with van der Waals surface area (Å²) in [5, 5.41) is 7.96. The zero-order valence-electron chi connectivity index (χ0n) is 15.3. The minimum atomic E-state index is -0.584. The number of carbonyl (C=O) groups is 4. The van der Waals surface area contributed by atoms with E-state index in [1.54, 1.807) is 12.1 Å². The summed E-state index contributed by atoms with van der Waals surface area (Å²) in [6, 6.07) is 10.5. The molecule has 2 aromatic rings. The molecule has 0 aliphatic rings. The van der Waals surface area contributed by atoms with E-state index in [2.05, 4.69) is 20.7 Å². The SMILES string of the molecule is COC(=O)CNC(=O)c1cccc(NC(=O)CNC(=O)c2ccc(Cl)cc2Cl)c1. The van der Waals surface area contributed by atoms with Crippen molar-refractivity contribution in [3.8, 4) is 0 Å². The predicted molar refractivity (Wildman–Crippen MR) is 108 cm³/mol. The maximum atomic E-state index is 12.1. The van der Waals surface area contributed by atoms with E-state index in [4.69, 9.17) is 23.2 Å². The lowest BCUT2D eigenvalue weighted by Crippen LogP contribution is -2.33. The molecular formula is C19H17Cl2N3O5. The number of rotatable bonds is 7. The summed E-state index contributed by atoms with van der Waals surface area (Å²) >= 11 is 11.7. The van der Waals surface area contributed by atoms with Gasteiger partial charge in [0.25, 0.3) is 11.8 Å². The standard InChI is InChI=1S/C19H17Cl2N3O5/c1-29-17(26)10-23-18(27)11-3-2-4-13(7-11)24-16(25)9-22-19(28)14-6-5-12(20)8-15(14)21/h2-8H,9-10H2,1H3,(H,22,28)(H,23,27)(H,24,25). The third-order valence-corrected chi connectivity index (χ3v) is 4.16. The number of ether oxygens (including phenoxy) is 1. The minimum absolute atomic E-state index is 0.168. The van der Waals surface area contributed by atoms with E-state index < -0.39 is 23.7 Å². The first-order chi connectivity index (χ1) is 13.8. The van der Waals surface area contributed by atoms with Gasteiger partial charge in [-0.15, -0.1) is 0 Å². The van der Waals surface area contributed by atoms with Crippen LogP contribution in [0.4, 0.5) is 5.69 Å². The van der Waals surface area contributed by atoms with Crippen molar-refractivity contribution < 1.29 is 23.9 Å². The first-order valence-corrected chi connectivity index (χ1v) is 9.04. The highest BCUT2D eigenvalue weighted by Crippen LogP contribution is 2.20. The van der Waals surface area contributed by atoms with Gasteiger partial charge in [-0.2, -0.15) is 0 Å². The van der Waals surface area contributed by atoms with Crippen molar-refractivity contribution in [3.05, 3.63) is 63.6 Å². The third kappa shape index (κ3) is 6.78. The van der Waals surface area contributed by atoms with Crippen molar-refractivity contribution >= 4 is 52.6 Å². The Morgan fingerprint density at radius 1 is 0.931 bits per heavy atom. The second-order valence-corrected chi connectivity index (χ2v) is 6.54. The van der Waals surface area contributed by atoms with Gasteiger partial charge in [-0.25, -0.2) is 0 Å². The molecule has 152 valence electrons. The zero-order chi connectivity index (χ0) is 21.4. The first kappa shape index (κ1) is 22.2. The van der Waals surface area contributed by atoms with Crippen molar-refractivity contribution in [1.82, 2.24) is 10.6 Å². The maximum Gasteiger partial charge on any atom is 0.325 e. The Labute approximate surface area is 176 Å². The van der Waals surface area contributed by atoms with Crippen molar-refractivity contribution in [2.75, 3.05) is 25.5 Å². The fourth-order valence-electron chi connectivity index (χ4n) is 2.20. The second kappa shape index (κ2) is 10.4. The molecule has 8 nitrogen and oxygen atoms in total. The normalized spacial score (nSPS) is 10.0. The molecule has 0 atom stereocenters. The van der Waals surface area contributed by atoms with Gasteiger partial charge in [0.1, 0.15) is 6.54 Å². The van der Waals surface area contributed by atoms with Crippen LogP contribution in [0.25, 0.3) is 0 Å². The van der Waals surface area contributed by atoms with Crippen molar-refractivity contribution in [1.29, 1.82) is 0 Å². The molecule has 0 aliphatic heterocycles.